The van der Waals surface area contributed by atoms with Gasteiger partial charge < -0.3 is 4.52 Å². The molecule has 10 heteroatoms. The molecule has 0 bridgehead atoms. The quantitative estimate of drug-likeness (QED) is 0.436. The molecule has 4 rings (SSSR count). The fourth-order valence-corrected chi connectivity index (χ4v) is 5.65. The first-order valence-electron chi connectivity index (χ1n) is 9.68. The highest BCUT2D eigenvalue weighted by Crippen LogP contribution is 2.26. The molecule has 0 aliphatic carbocycles. The van der Waals surface area contributed by atoms with Gasteiger partial charge in [0, 0.05) is 18.7 Å². The lowest BCUT2D eigenvalue weighted by Crippen LogP contribution is -2.26. The summed E-state index contributed by atoms with van der Waals surface area (Å²) in [6, 6.07) is 12.4. The summed E-state index contributed by atoms with van der Waals surface area (Å²) in [5.74, 6) is 0.612. The molecule has 31 heavy (non-hydrogen) atoms. The molecule has 0 fully saturated rings. The molecule has 0 unspecified atom stereocenters. The molecule has 0 aliphatic rings. The molecule has 0 saturated carbocycles. The third kappa shape index (κ3) is 3.93. The van der Waals surface area contributed by atoms with Crippen LogP contribution >= 0.6 is 11.3 Å². The summed E-state index contributed by atoms with van der Waals surface area (Å²) in [7, 11) is -2.36. The second-order valence-electron chi connectivity index (χ2n) is 7.55. The van der Waals surface area contributed by atoms with E-state index in [4.69, 9.17) is 4.52 Å². The summed E-state index contributed by atoms with van der Waals surface area (Å²) in [6.07, 6.45) is 0. The van der Waals surface area contributed by atoms with Crippen molar-refractivity contribution in [3.63, 3.8) is 0 Å². The van der Waals surface area contributed by atoms with Gasteiger partial charge in [0.1, 0.15) is 0 Å². The minimum atomic E-state index is -3.82. The number of hydrogen-bond acceptors (Lipinski definition) is 7. The Morgan fingerprint density at radius 3 is 2.65 bits per heavy atom. The molecule has 0 N–H and O–H groups in total. The average molecular weight is 459 g/mol. The number of sulfonamides is 1. The average Bonchev–Trinajstić information content (AvgIpc) is 3.30. The molecule has 0 aliphatic heterocycles. The Morgan fingerprint density at radius 1 is 1.19 bits per heavy atom. The summed E-state index contributed by atoms with van der Waals surface area (Å²) in [5.41, 5.74) is 2.56. The maximum atomic E-state index is 13.1. The Kier molecular flexibility index (Phi) is 5.54. The number of benzene rings is 2. The Bertz CT molecular complexity index is 1420. The van der Waals surface area contributed by atoms with Gasteiger partial charge in [-0.15, -0.1) is 0 Å². The first-order chi connectivity index (χ1) is 14.7. The largest absolute Gasteiger partial charge is 0.338 e. The lowest BCUT2D eigenvalue weighted by Gasteiger charge is -2.15. The second-order valence-corrected chi connectivity index (χ2v) is 10.6. The van der Waals surface area contributed by atoms with Gasteiger partial charge >= 0.3 is 4.87 Å². The smallest absolute Gasteiger partial charge is 0.308 e. The van der Waals surface area contributed by atoms with Crippen LogP contribution in [0.25, 0.3) is 21.6 Å². The number of thiazole rings is 1. The van der Waals surface area contributed by atoms with E-state index in [0.29, 0.717) is 10.5 Å². The molecular weight excluding hydrogens is 436 g/mol. The SMILES string of the molecule is Cc1ccccc1-c1noc(CN(C)S(=O)(=O)c2ccc3c(c2)sc(=O)n3C(C)C)n1. The standard InChI is InChI=1S/C21H22N4O4S2/c1-13(2)25-17-10-9-15(11-18(17)30-21(25)26)31(27,28)24(4)12-19-22-20(23-29-19)16-8-6-5-7-14(16)3/h5-11,13H,12H2,1-4H3. The summed E-state index contributed by atoms with van der Waals surface area (Å²) in [5, 5.41) is 3.98. The molecule has 4 aromatic rings. The monoisotopic (exact) mass is 458 g/mol. The minimum absolute atomic E-state index is 0.00800. The first-order valence-corrected chi connectivity index (χ1v) is 11.9. The van der Waals surface area contributed by atoms with Crippen molar-refractivity contribution in [2.75, 3.05) is 7.05 Å². The number of rotatable bonds is 6. The normalized spacial score (nSPS) is 12.3. The Hall–Kier alpha value is -2.82. The summed E-state index contributed by atoms with van der Waals surface area (Å²) in [4.78, 5) is 16.6. The van der Waals surface area contributed by atoms with Gasteiger partial charge in [0.05, 0.1) is 21.7 Å². The van der Waals surface area contributed by atoms with Crippen LogP contribution in [0.4, 0.5) is 0 Å². The number of aromatic nitrogens is 3. The van der Waals surface area contributed by atoms with Gasteiger partial charge in [0.15, 0.2) is 0 Å². The first kappa shape index (κ1) is 21.4. The van der Waals surface area contributed by atoms with Crippen LogP contribution in [-0.2, 0) is 16.6 Å². The molecule has 0 radical (unpaired) electrons. The zero-order valence-corrected chi connectivity index (χ0v) is 19.2. The van der Waals surface area contributed by atoms with Gasteiger partial charge in [-0.25, -0.2) is 8.42 Å². The van der Waals surface area contributed by atoms with Gasteiger partial charge in [-0.05, 0) is 44.5 Å². The van der Waals surface area contributed by atoms with E-state index in [1.165, 1.54) is 13.1 Å². The van der Waals surface area contributed by atoms with Crippen LogP contribution < -0.4 is 4.87 Å². The molecule has 0 saturated heterocycles. The Labute approximate surface area is 183 Å². The van der Waals surface area contributed by atoms with Crippen LogP contribution in [0.3, 0.4) is 0 Å². The molecule has 8 nitrogen and oxygen atoms in total. The fraction of sp³-hybridized carbons (Fsp3) is 0.286. The number of aryl methyl sites for hydroxylation is 1. The minimum Gasteiger partial charge on any atom is -0.338 e. The van der Waals surface area contributed by atoms with E-state index >= 15 is 0 Å². The zero-order valence-electron chi connectivity index (χ0n) is 17.6. The van der Waals surface area contributed by atoms with Crippen molar-refractivity contribution in [2.24, 2.45) is 0 Å². The van der Waals surface area contributed by atoms with Gasteiger partial charge in [-0.2, -0.15) is 9.29 Å². The molecule has 2 heterocycles. The third-order valence-corrected chi connectivity index (χ3v) is 7.74. The molecule has 0 amide bonds. The highest BCUT2D eigenvalue weighted by molar-refractivity contribution is 7.89. The highest BCUT2D eigenvalue weighted by Gasteiger charge is 2.25. The van der Waals surface area contributed by atoms with Crippen LogP contribution in [0.5, 0.6) is 0 Å². The van der Waals surface area contributed by atoms with E-state index < -0.39 is 10.0 Å². The Balaban J connectivity index is 1.61. The van der Waals surface area contributed by atoms with Crippen molar-refractivity contribution in [2.45, 2.75) is 38.3 Å². The van der Waals surface area contributed by atoms with Crippen molar-refractivity contribution in [3.8, 4) is 11.4 Å². The number of fused-ring (bicyclic) bond motifs is 1. The van der Waals surface area contributed by atoms with E-state index in [1.54, 1.807) is 16.7 Å². The van der Waals surface area contributed by atoms with Crippen LogP contribution in [0.15, 0.2) is 56.7 Å². The zero-order chi connectivity index (χ0) is 22.3. The molecule has 0 spiro atoms. The Morgan fingerprint density at radius 2 is 1.94 bits per heavy atom. The molecule has 162 valence electrons. The fourth-order valence-electron chi connectivity index (χ4n) is 3.37. The van der Waals surface area contributed by atoms with Gasteiger partial charge in [0.2, 0.25) is 21.7 Å². The van der Waals surface area contributed by atoms with Crippen LogP contribution in [0.1, 0.15) is 31.3 Å². The maximum absolute atomic E-state index is 13.1. The van der Waals surface area contributed by atoms with Crippen LogP contribution in [0.2, 0.25) is 0 Å². The van der Waals surface area contributed by atoms with Gasteiger partial charge in [0.25, 0.3) is 0 Å². The van der Waals surface area contributed by atoms with E-state index in [9.17, 15) is 13.2 Å². The van der Waals surface area contributed by atoms with Crippen LogP contribution in [0, 0.1) is 6.92 Å². The maximum Gasteiger partial charge on any atom is 0.308 e. The van der Waals surface area contributed by atoms with Crippen molar-refractivity contribution in [1.82, 2.24) is 19.0 Å². The molecular formula is C21H22N4O4S2. The van der Waals surface area contributed by atoms with Crippen LogP contribution in [-0.4, -0.2) is 34.5 Å². The van der Waals surface area contributed by atoms with Gasteiger partial charge in [-0.3, -0.25) is 9.36 Å². The molecule has 2 aromatic heterocycles. The van der Waals surface area contributed by atoms with Crippen molar-refractivity contribution in [1.29, 1.82) is 0 Å². The highest BCUT2D eigenvalue weighted by atomic mass is 32.2. The van der Waals surface area contributed by atoms with E-state index in [1.807, 2.05) is 45.0 Å². The van der Waals surface area contributed by atoms with E-state index in [-0.39, 0.29) is 28.2 Å². The lowest BCUT2D eigenvalue weighted by atomic mass is 10.1. The van der Waals surface area contributed by atoms with E-state index in [0.717, 1.165) is 32.3 Å². The second kappa shape index (κ2) is 8.03. The topological polar surface area (TPSA) is 98.3 Å². The number of nitrogens with zero attached hydrogens (tertiary/aromatic N) is 4. The molecule has 0 atom stereocenters. The summed E-state index contributed by atoms with van der Waals surface area (Å²) in [6.45, 7) is 5.71. The molecule has 2 aromatic carbocycles. The number of hydrogen-bond donors (Lipinski definition) is 0. The van der Waals surface area contributed by atoms with Crippen molar-refractivity contribution < 1.29 is 12.9 Å². The predicted molar refractivity (Wildman–Crippen MR) is 120 cm³/mol. The predicted octanol–water partition coefficient (Wildman–Crippen LogP) is 3.82. The summed E-state index contributed by atoms with van der Waals surface area (Å²) >= 11 is 1.04. The summed E-state index contributed by atoms with van der Waals surface area (Å²) < 4.78 is 34.9. The van der Waals surface area contributed by atoms with E-state index in [2.05, 4.69) is 10.1 Å². The van der Waals surface area contributed by atoms with Gasteiger partial charge in [-0.1, -0.05) is 40.8 Å². The lowest BCUT2D eigenvalue weighted by molar-refractivity contribution is 0.337. The third-order valence-electron chi connectivity index (χ3n) is 5.02. The van der Waals surface area contributed by atoms with Crippen molar-refractivity contribution in [3.05, 3.63) is 63.6 Å². The van der Waals surface area contributed by atoms with Crippen molar-refractivity contribution >= 4 is 31.6 Å².